The van der Waals surface area contributed by atoms with Gasteiger partial charge in [0.05, 0.1) is 11.8 Å². The first-order valence-corrected chi connectivity index (χ1v) is 9.96. The van der Waals surface area contributed by atoms with Crippen molar-refractivity contribution < 1.29 is 14.4 Å². The summed E-state index contributed by atoms with van der Waals surface area (Å²) in [6, 6.07) is 8.63. The van der Waals surface area contributed by atoms with Crippen molar-refractivity contribution in [3.05, 3.63) is 35.9 Å². The summed E-state index contributed by atoms with van der Waals surface area (Å²) in [7, 11) is 0. The van der Waals surface area contributed by atoms with Crippen LogP contribution in [0.5, 0.6) is 0 Å². The van der Waals surface area contributed by atoms with Crippen molar-refractivity contribution in [3.8, 4) is 0 Å². The zero-order chi connectivity index (χ0) is 19.7. The van der Waals surface area contributed by atoms with E-state index >= 15 is 0 Å². The number of hydrogen-bond donors (Lipinski definition) is 2. The Morgan fingerprint density at radius 1 is 1.32 bits per heavy atom. The van der Waals surface area contributed by atoms with E-state index in [2.05, 4.69) is 26.3 Å². The van der Waals surface area contributed by atoms with E-state index in [0.29, 0.717) is 23.2 Å². The number of rotatable bonds is 7. The summed E-state index contributed by atoms with van der Waals surface area (Å²) < 4.78 is 1.70. The fraction of sp³-hybridized carbons (Fsp3) is 0.412. The first kappa shape index (κ1) is 18.4. The van der Waals surface area contributed by atoms with Crippen LogP contribution in [0.2, 0.25) is 0 Å². The van der Waals surface area contributed by atoms with E-state index in [9.17, 15) is 14.4 Å². The van der Waals surface area contributed by atoms with Crippen LogP contribution in [-0.4, -0.2) is 48.8 Å². The molecule has 28 heavy (non-hydrogen) atoms. The standard InChI is InChI=1S/C17H19N7O3S/c1-2-17(11-6-4-3-5-7-11)14(26)24(15(27)18-17)20-13(25)10-28-16-19-21-22-23(16)12-8-9-12/h3-7,12H,2,8-10H2,1H3,(H,18,27)(H,20,25)/t17-/m0/s1. The van der Waals surface area contributed by atoms with Crippen LogP contribution in [0, 0.1) is 0 Å². The van der Waals surface area contributed by atoms with Crippen LogP contribution in [0.15, 0.2) is 35.5 Å². The van der Waals surface area contributed by atoms with Crippen LogP contribution in [0.3, 0.4) is 0 Å². The number of imide groups is 1. The molecule has 1 aliphatic heterocycles. The minimum atomic E-state index is -1.19. The van der Waals surface area contributed by atoms with E-state index in [1.54, 1.807) is 28.9 Å². The predicted octanol–water partition coefficient (Wildman–Crippen LogP) is 0.989. The largest absolute Gasteiger partial charge is 0.344 e. The van der Waals surface area contributed by atoms with Crippen molar-refractivity contribution >= 4 is 29.6 Å². The van der Waals surface area contributed by atoms with Gasteiger partial charge in [-0.15, -0.1) is 5.10 Å². The lowest BCUT2D eigenvalue weighted by Gasteiger charge is -2.25. The molecule has 0 bridgehead atoms. The van der Waals surface area contributed by atoms with Gasteiger partial charge in [0.15, 0.2) is 0 Å². The lowest BCUT2D eigenvalue weighted by Crippen LogP contribution is -2.49. The van der Waals surface area contributed by atoms with Crippen molar-refractivity contribution in [2.24, 2.45) is 0 Å². The Morgan fingerprint density at radius 3 is 2.75 bits per heavy atom. The molecule has 1 aliphatic carbocycles. The summed E-state index contributed by atoms with van der Waals surface area (Å²) in [4.78, 5) is 37.7. The quantitative estimate of drug-likeness (QED) is 0.524. The third kappa shape index (κ3) is 3.21. The lowest BCUT2D eigenvalue weighted by atomic mass is 9.87. The average molecular weight is 401 g/mol. The van der Waals surface area contributed by atoms with E-state index in [1.807, 2.05) is 13.0 Å². The lowest BCUT2D eigenvalue weighted by molar-refractivity contribution is -0.138. The number of benzene rings is 1. The number of nitrogens with one attached hydrogen (secondary N) is 2. The number of carbonyl (C=O) groups excluding carboxylic acids is 3. The monoisotopic (exact) mass is 401 g/mol. The van der Waals surface area contributed by atoms with Gasteiger partial charge in [-0.2, -0.15) is 5.01 Å². The Balaban J connectivity index is 1.42. The molecule has 2 aliphatic rings. The fourth-order valence-corrected chi connectivity index (χ4v) is 3.89. The first-order chi connectivity index (χ1) is 13.5. The molecule has 4 rings (SSSR count). The normalized spacial score (nSPS) is 21.7. The van der Waals surface area contributed by atoms with Crippen molar-refractivity contribution in [2.45, 2.75) is 42.9 Å². The molecule has 2 N–H and O–H groups in total. The highest BCUT2D eigenvalue weighted by molar-refractivity contribution is 7.99. The number of amides is 4. The van der Waals surface area contributed by atoms with Crippen LogP contribution in [0.25, 0.3) is 0 Å². The summed E-state index contributed by atoms with van der Waals surface area (Å²) in [6.07, 6.45) is 2.40. The number of thioether (sulfide) groups is 1. The summed E-state index contributed by atoms with van der Waals surface area (Å²) >= 11 is 1.16. The van der Waals surface area contributed by atoms with Crippen molar-refractivity contribution in [1.82, 2.24) is 36.0 Å². The number of hydrazine groups is 1. The van der Waals surface area contributed by atoms with Gasteiger partial charge in [-0.25, -0.2) is 9.48 Å². The molecule has 2 aromatic rings. The Bertz CT molecular complexity index is 914. The minimum absolute atomic E-state index is 0.0192. The van der Waals surface area contributed by atoms with E-state index in [1.165, 1.54) is 0 Å². The topological polar surface area (TPSA) is 122 Å². The summed E-state index contributed by atoms with van der Waals surface area (Å²) in [5, 5.41) is 15.5. The van der Waals surface area contributed by atoms with Crippen LogP contribution >= 0.6 is 11.8 Å². The molecule has 0 unspecified atom stereocenters. The van der Waals surface area contributed by atoms with E-state index in [4.69, 9.17) is 0 Å². The van der Waals surface area contributed by atoms with E-state index < -0.39 is 23.4 Å². The minimum Gasteiger partial charge on any atom is -0.318 e. The Morgan fingerprint density at radius 2 is 2.07 bits per heavy atom. The third-order valence-electron chi connectivity index (χ3n) is 4.81. The van der Waals surface area contributed by atoms with Crippen molar-refractivity contribution in [2.75, 3.05) is 5.75 Å². The van der Waals surface area contributed by atoms with Gasteiger partial charge in [-0.3, -0.25) is 15.0 Å². The number of hydrogen-bond acceptors (Lipinski definition) is 7. The van der Waals surface area contributed by atoms with Gasteiger partial charge in [0, 0.05) is 0 Å². The summed E-state index contributed by atoms with van der Waals surface area (Å²) in [6.45, 7) is 1.81. The maximum absolute atomic E-state index is 13.0. The number of urea groups is 1. The maximum Gasteiger partial charge on any atom is 0.344 e. The summed E-state index contributed by atoms with van der Waals surface area (Å²) in [5.41, 5.74) is 1.88. The van der Waals surface area contributed by atoms with Crippen molar-refractivity contribution in [3.63, 3.8) is 0 Å². The average Bonchev–Trinajstić information content (AvgIpc) is 3.40. The number of carbonyl (C=O) groups is 3. The molecule has 4 amide bonds. The van der Waals surface area contributed by atoms with Gasteiger partial charge < -0.3 is 5.32 Å². The highest BCUT2D eigenvalue weighted by Gasteiger charge is 2.52. The Kier molecular flexibility index (Phi) is 4.75. The molecule has 1 saturated carbocycles. The number of nitrogens with zero attached hydrogens (tertiary/aromatic N) is 5. The highest BCUT2D eigenvalue weighted by atomic mass is 32.2. The highest BCUT2D eigenvalue weighted by Crippen LogP contribution is 2.36. The van der Waals surface area contributed by atoms with Gasteiger partial charge in [0.2, 0.25) is 11.1 Å². The predicted molar refractivity (Wildman–Crippen MR) is 98.7 cm³/mol. The van der Waals surface area contributed by atoms with Gasteiger partial charge in [-0.1, -0.05) is 49.0 Å². The van der Waals surface area contributed by atoms with Crippen LogP contribution in [-0.2, 0) is 15.1 Å². The zero-order valence-electron chi connectivity index (χ0n) is 15.2. The fourth-order valence-electron chi connectivity index (χ4n) is 3.15. The first-order valence-electron chi connectivity index (χ1n) is 8.97. The molecule has 2 heterocycles. The molecule has 1 saturated heterocycles. The van der Waals surface area contributed by atoms with Gasteiger partial charge >= 0.3 is 6.03 Å². The van der Waals surface area contributed by atoms with Crippen LogP contribution < -0.4 is 10.7 Å². The van der Waals surface area contributed by atoms with Crippen LogP contribution in [0.4, 0.5) is 4.79 Å². The molecule has 1 aromatic heterocycles. The van der Waals surface area contributed by atoms with E-state index in [-0.39, 0.29) is 5.75 Å². The second-order valence-corrected chi connectivity index (χ2v) is 7.60. The van der Waals surface area contributed by atoms with Gasteiger partial charge in [-0.05, 0) is 35.3 Å². The van der Waals surface area contributed by atoms with Crippen molar-refractivity contribution in [1.29, 1.82) is 0 Å². The van der Waals surface area contributed by atoms with Gasteiger partial charge in [0.1, 0.15) is 5.54 Å². The Hall–Kier alpha value is -2.95. The molecular weight excluding hydrogens is 382 g/mol. The maximum atomic E-state index is 13.0. The van der Waals surface area contributed by atoms with E-state index in [0.717, 1.165) is 29.6 Å². The molecule has 1 aromatic carbocycles. The molecule has 146 valence electrons. The smallest absolute Gasteiger partial charge is 0.318 e. The number of tetrazole rings is 1. The Labute approximate surface area is 165 Å². The number of aromatic nitrogens is 4. The molecular formula is C17H19N7O3S. The SMILES string of the molecule is CC[C@@]1(c2ccccc2)NC(=O)N(NC(=O)CSc2nnnn2C2CC2)C1=O. The second-order valence-electron chi connectivity index (χ2n) is 6.66. The molecule has 2 fully saturated rings. The zero-order valence-corrected chi connectivity index (χ0v) is 16.0. The molecule has 0 spiro atoms. The summed E-state index contributed by atoms with van der Waals surface area (Å²) in [5.74, 6) is -1.01. The molecule has 0 radical (unpaired) electrons. The second kappa shape index (κ2) is 7.23. The molecule has 11 heteroatoms. The third-order valence-corrected chi connectivity index (χ3v) is 5.75. The molecule has 10 nitrogen and oxygen atoms in total. The van der Waals surface area contributed by atoms with Gasteiger partial charge in [0.25, 0.3) is 5.91 Å². The molecule has 1 atom stereocenters. The van der Waals surface area contributed by atoms with Crippen LogP contribution in [0.1, 0.15) is 37.8 Å².